The lowest BCUT2D eigenvalue weighted by Gasteiger charge is -2.31. The molecule has 0 radical (unpaired) electrons. The first-order valence-electron chi connectivity index (χ1n) is 10.9. The molecule has 0 spiro atoms. The van der Waals surface area contributed by atoms with Crippen molar-refractivity contribution >= 4 is 6.09 Å². The van der Waals surface area contributed by atoms with Gasteiger partial charge in [-0.15, -0.1) is 0 Å². The number of hydrogen-bond donors (Lipinski definition) is 0. The Morgan fingerprint density at radius 3 is 2.79 bits per heavy atom. The number of fused-ring (bicyclic) bond motifs is 1. The topological polar surface area (TPSA) is 73.1 Å². The Balaban J connectivity index is 1.16. The molecular weight excluding hydrogens is 366 g/mol. The molecule has 2 fully saturated rings. The second-order valence-electron chi connectivity index (χ2n) is 9.07. The third kappa shape index (κ3) is 4.14. The number of likely N-dealkylation sites (tertiary alicyclic amines) is 1. The number of rotatable bonds is 4. The largest absolute Gasteiger partial charge is 0.443 e. The van der Waals surface area contributed by atoms with E-state index in [0.717, 1.165) is 69.7 Å². The van der Waals surface area contributed by atoms with Crippen LogP contribution in [0.1, 0.15) is 62.4 Å². The third-order valence-corrected chi connectivity index (χ3v) is 6.58. The van der Waals surface area contributed by atoms with E-state index >= 15 is 0 Å². The maximum atomic E-state index is 12.3. The summed E-state index contributed by atoms with van der Waals surface area (Å²) in [6.07, 6.45) is 15.2. The predicted octanol–water partition coefficient (Wildman–Crippen LogP) is 3.48. The van der Waals surface area contributed by atoms with Gasteiger partial charge in [-0.05, 0) is 76.2 Å². The standard InChI is InChI=1S/C22H29N5O2/c1-22(8-9-22)29-21(28)26-10-6-16(7-11-26)12-18-14-27(15-24-18)20-23-13-17-4-2-3-5-19(17)25-20/h13-16H,2-12H2,1H3. The zero-order valence-corrected chi connectivity index (χ0v) is 17.1. The molecule has 0 N–H and O–H groups in total. The second kappa shape index (κ2) is 7.43. The highest BCUT2D eigenvalue weighted by atomic mass is 16.6. The summed E-state index contributed by atoms with van der Waals surface area (Å²) in [5.41, 5.74) is 3.36. The summed E-state index contributed by atoms with van der Waals surface area (Å²) in [5.74, 6) is 1.26. The SMILES string of the molecule is CC1(OC(=O)N2CCC(Cc3cn(-c4ncc5c(n4)CCCC5)cn3)CC2)CC1. The molecule has 29 heavy (non-hydrogen) atoms. The molecule has 0 atom stereocenters. The minimum Gasteiger partial charge on any atom is -0.443 e. The van der Waals surface area contributed by atoms with Crippen LogP contribution in [0.15, 0.2) is 18.7 Å². The summed E-state index contributed by atoms with van der Waals surface area (Å²) < 4.78 is 7.53. The van der Waals surface area contributed by atoms with Crippen LogP contribution in [0.25, 0.3) is 5.95 Å². The fourth-order valence-electron chi connectivity index (χ4n) is 4.34. The van der Waals surface area contributed by atoms with E-state index < -0.39 is 0 Å². The molecule has 2 aliphatic carbocycles. The van der Waals surface area contributed by atoms with Crippen LogP contribution in [-0.2, 0) is 24.0 Å². The van der Waals surface area contributed by atoms with Gasteiger partial charge in [0.2, 0.25) is 5.95 Å². The number of carbonyl (C=O) groups is 1. The van der Waals surface area contributed by atoms with Crippen molar-refractivity contribution in [2.45, 2.75) is 70.3 Å². The van der Waals surface area contributed by atoms with Gasteiger partial charge in [-0.2, -0.15) is 0 Å². The number of piperidine rings is 1. The van der Waals surface area contributed by atoms with Crippen molar-refractivity contribution in [1.29, 1.82) is 0 Å². The molecule has 0 unspecified atom stereocenters. The predicted molar refractivity (Wildman–Crippen MR) is 108 cm³/mol. The number of imidazole rings is 1. The maximum Gasteiger partial charge on any atom is 0.410 e. The fourth-order valence-corrected chi connectivity index (χ4v) is 4.34. The van der Waals surface area contributed by atoms with Crippen LogP contribution >= 0.6 is 0 Å². The molecule has 1 saturated heterocycles. The molecule has 7 nitrogen and oxygen atoms in total. The summed E-state index contributed by atoms with van der Waals surface area (Å²) in [6, 6.07) is 0. The van der Waals surface area contributed by atoms with Crippen molar-refractivity contribution in [1.82, 2.24) is 24.4 Å². The first kappa shape index (κ1) is 18.6. The Hall–Kier alpha value is -2.44. The lowest BCUT2D eigenvalue weighted by Crippen LogP contribution is -2.40. The number of ether oxygens (including phenoxy) is 1. The van der Waals surface area contributed by atoms with E-state index in [9.17, 15) is 4.79 Å². The Morgan fingerprint density at radius 2 is 2.00 bits per heavy atom. The fraction of sp³-hybridized carbons (Fsp3) is 0.636. The smallest absolute Gasteiger partial charge is 0.410 e. The van der Waals surface area contributed by atoms with Crippen molar-refractivity contribution in [3.63, 3.8) is 0 Å². The molecule has 1 saturated carbocycles. The van der Waals surface area contributed by atoms with Gasteiger partial charge in [0.25, 0.3) is 0 Å². The molecule has 3 aliphatic rings. The van der Waals surface area contributed by atoms with E-state index in [1.807, 2.05) is 28.9 Å². The molecule has 0 aromatic carbocycles. The Bertz CT molecular complexity index is 896. The van der Waals surface area contributed by atoms with Crippen LogP contribution in [0.3, 0.4) is 0 Å². The first-order chi connectivity index (χ1) is 14.1. The number of hydrogen-bond acceptors (Lipinski definition) is 5. The normalized spacial score (nSPS) is 20.9. The van der Waals surface area contributed by atoms with E-state index in [1.165, 1.54) is 24.1 Å². The van der Waals surface area contributed by atoms with Crippen molar-refractivity contribution in [2.24, 2.45) is 5.92 Å². The van der Waals surface area contributed by atoms with Gasteiger partial charge in [0, 0.05) is 31.2 Å². The number of aromatic nitrogens is 4. The Kier molecular flexibility index (Phi) is 4.76. The quantitative estimate of drug-likeness (QED) is 0.792. The zero-order valence-electron chi connectivity index (χ0n) is 17.1. The molecule has 2 aromatic heterocycles. The molecular formula is C22H29N5O2. The second-order valence-corrected chi connectivity index (χ2v) is 9.07. The van der Waals surface area contributed by atoms with Gasteiger partial charge in [-0.25, -0.2) is 19.7 Å². The van der Waals surface area contributed by atoms with Gasteiger partial charge in [-0.3, -0.25) is 4.57 Å². The number of aryl methyl sites for hydroxylation is 2. The molecule has 3 heterocycles. The van der Waals surface area contributed by atoms with Gasteiger partial charge >= 0.3 is 6.09 Å². The van der Waals surface area contributed by atoms with E-state index in [2.05, 4.69) is 16.2 Å². The van der Waals surface area contributed by atoms with Gasteiger partial charge in [0.15, 0.2) is 0 Å². The van der Waals surface area contributed by atoms with Crippen LogP contribution < -0.4 is 0 Å². The molecule has 1 amide bonds. The Labute approximate surface area is 171 Å². The first-order valence-corrected chi connectivity index (χ1v) is 10.9. The van der Waals surface area contributed by atoms with Gasteiger partial charge in [-0.1, -0.05) is 0 Å². The minimum atomic E-state index is -0.195. The van der Waals surface area contributed by atoms with Crippen LogP contribution in [0.4, 0.5) is 4.79 Å². The van der Waals surface area contributed by atoms with E-state index in [0.29, 0.717) is 5.92 Å². The Morgan fingerprint density at radius 1 is 1.21 bits per heavy atom. The highest BCUT2D eigenvalue weighted by Gasteiger charge is 2.43. The third-order valence-electron chi connectivity index (χ3n) is 6.58. The maximum absolute atomic E-state index is 12.3. The van der Waals surface area contributed by atoms with E-state index in [-0.39, 0.29) is 11.7 Å². The zero-order chi connectivity index (χ0) is 19.8. The van der Waals surface area contributed by atoms with Crippen molar-refractivity contribution in [3.05, 3.63) is 35.7 Å². The molecule has 2 aromatic rings. The molecule has 1 aliphatic heterocycles. The molecule has 5 rings (SSSR count). The average Bonchev–Trinajstić information content (AvgIpc) is 3.28. The van der Waals surface area contributed by atoms with Gasteiger partial charge in [0.1, 0.15) is 11.9 Å². The van der Waals surface area contributed by atoms with E-state index in [1.54, 1.807) is 0 Å². The lowest BCUT2D eigenvalue weighted by molar-refractivity contribution is 0.0490. The summed E-state index contributed by atoms with van der Waals surface area (Å²) in [7, 11) is 0. The molecule has 7 heteroatoms. The van der Waals surface area contributed by atoms with Gasteiger partial charge < -0.3 is 9.64 Å². The lowest BCUT2D eigenvalue weighted by atomic mass is 9.92. The summed E-state index contributed by atoms with van der Waals surface area (Å²) in [5, 5.41) is 0. The number of nitrogens with zero attached hydrogens (tertiary/aromatic N) is 5. The van der Waals surface area contributed by atoms with Crippen LogP contribution in [0.5, 0.6) is 0 Å². The minimum absolute atomic E-state index is 0.141. The van der Waals surface area contributed by atoms with Crippen LogP contribution in [0.2, 0.25) is 0 Å². The summed E-state index contributed by atoms with van der Waals surface area (Å²) in [6.45, 7) is 3.56. The molecule has 0 bridgehead atoms. The van der Waals surface area contributed by atoms with Crippen molar-refractivity contribution in [2.75, 3.05) is 13.1 Å². The number of carbonyl (C=O) groups excluding carboxylic acids is 1. The van der Waals surface area contributed by atoms with Crippen molar-refractivity contribution in [3.8, 4) is 5.95 Å². The molecule has 154 valence electrons. The van der Waals surface area contributed by atoms with Crippen molar-refractivity contribution < 1.29 is 9.53 Å². The highest BCUT2D eigenvalue weighted by Crippen LogP contribution is 2.39. The van der Waals surface area contributed by atoms with E-state index in [4.69, 9.17) is 9.72 Å². The summed E-state index contributed by atoms with van der Waals surface area (Å²) in [4.78, 5) is 28.0. The highest BCUT2D eigenvalue weighted by molar-refractivity contribution is 5.68. The van der Waals surface area contributed by atoms with Crippen LogP contribution in [-0.4, -0.2) is 49.2 Å². The monoisotopic (exact) mass is 395 g/mol. The average molecular weight is 396 g/mol. The van der Waals surface area contributed by atoms with Crippen LogP contribution in [0, 0.1) is 5.92 Å². The summed E-state index contributed by atoms with van der Waals surface area (Å²) >= 11 is 0. The van der Waals surface area contributed by atoms with Gasteiger partial charge in [0.05, 0.1) is 5.69 Å². The number of amides is 1.